The number of fused-ring (bicyclic) bond motifs is 1. The second-order valence-corrected chi connectivity index (χ2v) is 6.24. The molecule has 1 aromatic carbocycles. The van der Waals surface area contributed by atoms with Crippen LogP contribution in [0.25, 0.3) is 11.0 Å². The first kappa shape index (κ1) is 14.8. The van der Waals surface area contributed by atoms with Crippen LogP contribution in [0.5, 0.6) is 0 Å². The largest absolute Gasteiger partial charge is 0.323 e. The minimum absolute atomic E-state index is 0.207. The molecule has 0 bridgehead atoms. The fourth-order valence-corrected chi connectivity index (χ4v) is 3.68. The van der Waals surface area contributed by atoms with Gasteiger partial charge in [0.15, 0.2) is 5.82 Å². The molecule has 3 rings (SSSR count). The van der Waals surface area contributed by atoms with Crippen molar-refractivity contribution in [2.24, 2.45) is 5.92 Å². The van der Waals surface area contributed by atoms with Gasteiger partial charge in [0.05, 0.1) is 11.4 Å². The highest BCUT2D eigenvalue weighted by molar-refractivity contribution is 6.16. The van der Waals surface area contributed by atoms with Gasteiger partial charge in [-0.25, -0.2) is 13.8 Å². The highest BCUT2D eigenvalue weighted by Crippen LogP contribution is 2.36. The Morgan fingerprint density at radius 3 is 2.76 bits per heavy atom. The van der Waals surface area contributed by atoms with Gasteiger partial charge in [-0.15, -0.1) is 11.6 Å². The van der Waals surface area contributed by atoms with Crippen LogP contribution in [0, 0.1) is 17.6 Å². The molecule has 5 heteroatoms. The third kappa shape index (κ3) is 2.66. The minimum Gasteiger partial charge on any atom is -0.323 e. The summed E-state index contributed by atoms with van der Waals surface area (Å²) in [6, 6.07) is 2.47. The molecule has 1 saturated carbocycles. The van der Waals surface area contributed by atoms with Gasteiger partial charge in [0, 0.05) is 12.1 Å². The number of rotatable bonds is 2. The van der Waals surface area contributed by atoms with Crippen LogP contribution < -0.4 is 0 Å². The van der Waals surface area contributed by atoms with Crippen molar-refractivity contribution in [3.8, 4) is 0 Å². The van der Waals surface area contributed by atoms with Gasteiger partial charge >= 0.3 is 0 Å². The van der Waals surface area contributed by atoms with Gasteiger partial charge in [-0.2, -0.15) is 0 Å². The lowest BCUT2D eigenvalue weighted by molar-refractivity contribution is 0.335. The third-order valence-electron chi connectivity index (χ3n) is 4.55. The molecule has 1 aliphatic carbocycles. The standard InChI is InChI=1S/C16H19ClF2N2/c1-10-5-3-2-4-6-13(10)21-14-8-11(18)7-12(19)16(14)20-15(21)9-17/h7-8,10,13H,2-6,9H2,1H3. The SMILES string of the molecule is CC1CCCCCC1n1c(CCl)nc2c(F)cc(F)cc21. The van der Waals surface area contributed by atoms with Crippen molar-refractivity contribution in [2.75, 3.05) is 0 Å². The Hall–Kier alpha value is -1.16. The summed E-state index contributed by atoms with van der Waals surface area (Å²) < 4.78 is 29.6. The van der Waals surface area contributed by atoms with Crippen LogP contribution in [0.15, 0.2) is 12.1 Å². The van der Waals surface area contributed by atoms with Crippen LogP contribution >= 0.6 is 11.6 Å². The van der Waals surface area contributed by atoms with Crippen LogP contribution in [-0.4, -0.2) is 9.55 Å². The first-order valence-corrected chi connectivity index (χ1v) is 8.07. The molecule has 2 nitrogen and oxygen atoms in total. The number of imidazole rings is 1. The predicted octanol–water partition coefficient (Wildman–Crippen LogP) is 5.19. The summed E-state index contributed by atoms with van der Waals surface area (Å²) in [5.41, 5.74) is 0.755. The van der Waals surface area contributed by atoms with E-state index in [-0.39, 0.29) is 17.4 Å². The number of aromatic nitrogens is 2. The lowest BCUT2D eigenvalue weighted by Crippen LogP contribution is -2.18. The summed E-state index contributed by atoms with van der Waals surface area (Å²) >= 11 is 6.00. The molecule has 2 aromatic rings. The van der Waals surface area contributed by atoms with Gasteiger partial charge in [-0.1, -0.05) is 26.2 Å². The Kier molecular flexibility index (Phi) is 4.16. The molecule has 0 radical (unpaired) electrons. The molecule has 1 fully saturated rings. The van der Waals surface area contributed by atoms with E-state index in [1.807, 2.05) is 4.57 Å². The molecule has 1 aromatic heterocycles. The summed E-state index contributed by atoms with van der Waals surface area (Å²) in [5.74, 6) is 0.118. The Balaban J connectivity index is 2.19. The van der Waals surface area contributed by atoms with E-state index in [1.54, 1.807) is 0 Å². The maximum absolute atomic E-state index is 14.0. The van der Waals surface area contributed by atoms with E-state index in [0.717, 1.165) is 25.3 Å². The van der Waals surface area contributed by atoms with Gasteiger partial charge in [0.25, 0.3) is 0 Å². The number of halogens is 3. The normalized spacial score (nSPS) is 23.4. The quantitative estimate of drug-likeness (QED) is 0.551. The average Bonchev–Trinajstić information content (AvgIpc) is 2.68. The maximum Gasteiger partial charge on any atom is 0.153 e. The minimum atomic E-state index is -0.614. The first-order chi connectivity index (χ1) is 10.1. The number of hydrogen-bond acceptors (Lipinski definition) is 1. The maximum atomic E-state index is 14.0. The van der Waals surface area contributed by atoms with E-state index in [4.69, 9.17) is 11.6 Å². The molecule has 0 amide bonds. The third-order valence-corrected chi connectivity index (χ3v) is 4.79. The molecule has 1 heterocycles. The fourth-order valence-electron chi connectivity index (χ4n) is 3.49. The smallest absolute Gasteiger partial charge is 0.153 e. The number of hydrogen-bond donors (Lipinski definition) is 0. The molecule has 0 saturated heterocycles. The second-order valence-electron chi connectivity index (χ2n) is 5.97. The van der Waals surface area contributed by atoms with E-state index in [2.05, 4.69) is 11.9 Å². The van der Waals surface area contributed by atoms with E-state index in [0.29, 0.717) is 17.3 Å². The Labute approximate surface area is 128 Å². The first-order valence-electron chi connectivity index (χ1n) is 7.53. The summed E-state index contributed by atoms with van der Waals surface area (Å²) in [4.78, 5) is 4.30. The molecule has 2 atom stereocenters. The zero-order chi connectivity index (χ0) is 15.0. The second kappa shape index (κ2) is 5.91. The Morgan fingerprint density at radius 2 is 2.00 bits per heavy atom. The van der Waals surface area contributed by atoms with Crippen LogP contribution in [0.1, 0.15) is 50.9 Å². The highest BCUT2D eigenvalue weighted by Gasteiger charge is 2.26. The van der Waals surface area contributed by atoms with Crippen molar-refractivity contribution >= 4 is 22.6 Å². The molecular formula is C16H19ClF2N2. The van der Waals surface area contributed by atoms with Crippen LogP contribution in [0.3, 0.4) is 0 Å². The fraction of sp³-hybridized carbons (Fsp3) is 0.562. The summed E-state index contributed by atoms with van der Waals surface area (Å²) in [7, 11) is 0. The van der Waals surface area contributed by atoms with Gasteiger partial charge in [0.1, 0.15) is 17.2 Å². The highest BCUT2D eigenvalue weighted by atomic mass is 35.5. The van der Waals surface area contributed by atoms with Gasteiger partial charge in [-0.3, -0.25) is 0 Å². The zero-order valence-electron chi connectivity index (χ0n) is 12.1. The van der Waals surface area contributed by atoms with Crippen LogP contribution in [0.2, 0.25) is 0 Å². The number of alkyl halides is 1. The molecule has 0 aliphatic heterocycles. The summed E-state index contributed by atoms with van der Waals surface area (Å²) in [6.07, 6.45) is 5.70. The predicted molar refractivity (Wildman–Crippen MR) is 80.5 cm³/mol. The number of nitrogens with zero attached hydrogens (tertiary/aromatic N) is 2. The monoisotopic (exact) mass is 312 g/mol. The molecule has 21 heavy (non-hydrogen) atoms. The van der Waals surface area contributed by atoms with Gasteiger partial charge < -0.3 is 4.57 Å². The zero-order valence-corrected chi connectivity index (χ0v) is 12.8. The van der Waals surface area contributed by atoms with Crippen molar-refractivity contribution in [2.45, 2.75) is 50.9 Å². The average molecular weight is 313 g/mol. The molecule has 2 unspecified atom stereocenters. The molecule has 1 aliphatic rings. The van der Waals surface area contributed by atoms with Crippen molar-refractivity contribution in [3.63, 3.8) is 0 Å². The van der Waals surface area contributed by atoms with E-state index in [1.165, 1.54) is 18.9 Å². The summed E-state index contributed by atoms with van der Waals surface area (Å²) in [5, 5.41) is 0. The van der Waals surface area contributed by atoms with E-state index < -0.39 is 11.6 Å². The molecule has 0 N–H and O–H groups in total. The van der Waals surface area contributed by atoms with Crippen molar-refractivity contribution in [1.82, 2.24) is 9.55 Å². The molecule has 0 spiro atoms. The Morgan fingerprint density at radius 1 is 1.24 bits per heavy atom. The topological polar surface area (TPSA) is 17.8 Å². The summed E-state index contributed by atoms with van der Waals surface area (Å²) in [6.45, 7) is 2.20. The van der Waals surface area contributed by atoms with E-state index in [9.17, 15) is 8.78 Å². The lowest BCUT2D eigenvalue weighted by atomic mass is 9.96. The number of benzene rings is 1. The van der Waals surface area contributed by atoms with Crippen molar-refractivity contribution in [1.29, 1.82) is 0 Å². The molecule has 114 valence electrons. The Bertz CT molecular complexity index is 653. The van der Waals surface area contributed by atoms with Crippen molar-refractivity contribution in [3.05, 3.63) is 29.6 Å². The molecular weight excluding hydrogens is 294 g/mol. The van der Waals surface area contributed by atoms with Crippen LogP contribution in [-0.2, 0) is 5.88 Å². The van der Waals surface area contributed by atoms with Gasteiger partial charge in [0.2, 0.25) is 0 Å². The van der Waals surface area contributed by atoms with Crippen molar-refractivity contribution < 1.29 is 8.78 Å². The van der Waals surface area contributed by atoms with E-state index >= 15 is 0 Å². The van der Waals surface area contributed by atoms with Crippen LogP contribution in [0.4, 0.5) is 8.78 Å². The van der Waals surface area contributed by atoms with Gasteiger partial charge in [-0.05, 0) is 24.8 Å². The lowest BCUT2D eigenvalue weighted by Gasteiger charge is -2.25.